The Kier molecular flexibility index (Phi) is 4.12. The van der Waals surface area contributed by atoms with Crippen LogP contribution in [0.15, 0.2) is 12.1 Å². The van der Waals surface area contributed by atoms with Crippen LogP contribution in [0, 0.1) is 0 Å². The SMILES string of the molecule is CCCc1cc(Cl)c(O)c(C(=O)CO)c1. The van der Waals surface area contributed by atoms with Crippen LogP contribution in [0.5, 0.6) is 5.75 Å². The first-order valence-corrected chi connectivity index (χ1v) is 5.13. The Morgan fingerprint density at radius 1 is 1.47 bits per heavy atom. The van der Waals surface area contributed by atoms with Crippen LogP contribution in [0.2, 0.25) is 5.02 Å². The largest absolute Gasteiger partial charge is 0.506 e. The number of phenolic OH excluding ortho intramolecular Hbond substituents is 1. The standard InChI is InChI=1S/C11H13ClO3/c1-2-3-7-4-8(10(14)6-13)11(15)9(12)5-7/h4-5,13,15H,2-3,6H2,1H3. The van der Waals surface area contributed by atoms with E-state index in [2.05, 4.69) is 0 Å². The van der Waals surface area contributed by atoms with E-state index in [0.29, 0.717) is 0 Å². The van der Waals surface area contributed by atoms with Crippen LogP contribution in [0.3, 0.4) is 0 Å². The lowest BCUT2D eigenvalue weighted by molar-refractivity contribution is 0.0901. The normalized spacial score (nSPS) is 10.3. The fourth-order valence-corrected chi connectivity index (χ4v) is 1.63. The second kappa shape index (κ2) is 5.14. The van der Waals surface area contributed by atoms with Crippen molar-refractivity contribution in [3.05, 3.63) is 28.3 Å². The van der Waals surface area contributed by atoms with Crippen LogP contribution in [-0.4, -0.2) is 22.6 Å². The number of Topliss-reactive ketones (excluding diaryl/α,β-unsaturated/α-hetero) is 1. The second-order valence-corrected chi connectivity index (χ2v) is 3.71. The van der Waals surface area contributed by atoms with Gasteiger partial charge in [-0.05, 0) is 24.1 Å². The lowest BCUT2D eigenvalue weighted by Crippen LogP contribution is -2.05. The lowest BCUT2D eigenvalue weighted by Gasteiger charge is -2.07. The first kappa shape index (κ1) is 12.0. The third kappa shape index (κ3) is 2.70. The molecular weight excluding hydrogens is 216 g/mol. The number of aromatic hydroxyl groups is 1. The number of phenols is 1. The molecule has 0 radical (unpaired) electrons. The van der Waals surface area contributed by atoms with Gasteiger partial charge in [0.1, 0.15) is 12.4 Å². The van der Waals surface area contributed by atoms with Gasteiger partial charge in [-0.1, -0.05) is 24.9 Å². The van der Waals surface area contributed by atoms with Crippen LogP contribution < -0.4 is 0 Å². The summed E-state index contributed by atoms with van der Waals surface area (Å²) in [5.41, 5.74) is 0.977. The number of hydrogen-bond donors (Lipinski definition) is 2. The molecule has 1 rings (SSSR count). The van der Waals surface area contributed by atoms with Crippen molar-refractivity contribution in [1.82, 2.24) is 0 Å². The number of aliphatic hydroxyl groups excluding tert-OH is 1. The predicted molar refractivity (Wildman–Crippen MR) is 58.5 cm³/mol. The molecule has 0 fully saturated rings. The van der Waals surface area contributed by atoms with E-state index in [1.807, 2.05) is 6.92 Å². The van der Waals surface area contributed by atoms with Gasteiger partial charge in [-0.2, -0.15) is 0 Å². The second-order valence-electron chi connectivity index (χ2n) is 3.31. The molecule has 0 aliphatic rings. The Hall–Kier alpha value is -1.06. The van der Waals surface area contributed by atoms with E-state index in [1.54, 1.807) is 12.1 Å². The molecule has 1 aromatic rings. The lowest BCUT2D eigenvalue weighted by atomic mass is 10.0. The molecule has 0 aliphatic carbocycles. The minimum Gasteiger partial charge on any atom is -0.506 e. The van der Waals surface area contributed by atoms with Crippen molar-refractivity contribution in [2.45, 2.75) is 19.8 Å². The van der Waals surface area contributed by atoms with E-state index in [-0.39, 0.29) is 16.3 Å². The van der Waals surface area contributed by atoms with Crippen molar-refractivity contribution in [3.8, 4) is 5.75 Å². The van der Waals surface area contributed by atoms with Gasteiger partial charge >= 0.3 is 0 Å². The highest BCUT2D eigenvalue weighted by Crippen LogP contribution is 2.29. The number of carbonyl (C=O) groups excluding carboxylic acids is 1. The van der Waals surface area contributed by atoms with E-state index in [0.717, 1.165) is 18.4 Å². The van der Waals surface area contributed by atoms with Gasteiger partial charge in [-0.15, -0.1) is 0 Å². The molecule has 1 aromatic carbocycles. The molecule has 0 spiro atoms. The number of hydrogen-bond acceptors (Lipinski definition) is 3. The zero-order valence-electron chi connectivity index (χ0n) is 8.46. The zero-order valence-corrected chi connectivity index (χ0v) is 9.21. The van der Waals surface area contributed by atoms with Gasteiger partial charge in [0.15, 0.2) is 5.78 Å². The fourth-order valence-electron chi connectivity index (χ4n) is 1.39. The number of aliphatic hydroxyl groups is 1. The van der Waals surface area contributed by atoms with Crippen LogP contribution >= 0.6 is 11.6 Å². The molecule has 82 valence electrons. The first-order valence-electron chi connectivity index (χ1n) is 4.75. The number of carbonyl (C=O) groups is 1. The summed E-state index contributed by atoms with van der Waals surface area (Å²) >= 11 is 5.77. The van der Waals surface area contributed by atoms with Crippen molar-refractivity contribution >= 4 is 17.4 Å². The maximum Gasteiger partial charge on any atom is 0.191 e. The van der Waals surface area contributed by atoms with E-state index in [4.69, 9.17) is 16.7 Å². The van der Waals surface area contributed by atoms with Gasteiger partial charge in [0.25, 0.3) is 0 Å². The average molecular weight is 229 g/mol. The fraction of sp³-hybridized carbons (Fsp3) is 0.364. The highest BCUT2D eigenvalue weighted by atomic mass is 35.5. The highest BCUT2D eigenvalue weighted by molar-refractivity contribution is 6.32. The molecule has 0 aliphatic heterocycles. The summed E-state index contributed by atoms with van der Waals surface area (Å²) in [5, 5.41) is 18.4. The van der Waals surface area contributed by atoms with Crippen molar-refractivity contribution in [3.63, 3.8) is 0 Å². The monoisotopic (exact) mass is 228 g/mol. The minimum absolute atomic E-state index is 0.0912. The number of halogens is 1. The van der Waals surface area contributed by atoms with Gasteiger partial charge in [0.2, 0.25) is 0 Å². The number of benzene rings is 1. The van der Waals surface area contributed by atoms with Gasteiger partial charge in [-0.25, -0.2) is 0 Å². The van der Waals surface area contributed by atoms with E-state index in [1.165, 1.54) is 0 Å². The van der Waals surface area contributed by atoms with E-state index >= 15 is 0 Å². The molecule has 3 nitrogen and oxygen atoms in total. The molecule has 2 N–H and O–H groups in total. The molecule has 0 unspecified atom stereocenters. The molecular formula is C11H13ClO3. The first-order chi connectivity index (χ1) is 7.10. The Morgan fingerprint density at radius 2 is 2.13 bits per heavy atom. The van der Waals surface area contributed by atoms with Gasteiger partial charge in [-0.3, -0.25) is 4.79 Å². The Balaban J connectivity index is 3.18. The average Bonchev–Trinajstić information content (AvgIpc) is 2.22. The van der Waals surface area contributed by atoms with Crippen molar-refractivity contribution < 1.29 is 15.0 Å². The molecule has 4 heteroatoms. The van der Waals surface area contributed by atoms with Gasteiger partial charge < -0.3 is 10.2 Å². The molecule has 0 aromatic heterocycles. The number of ketones is 1. The van der Waals surface area contributed by atoms with Crippen LogP contribution in [0.4, 0.5) is 0 Å². The van der Waals surface area contributed by atoms with E-state index in [9.17, 15) is 9.90 Å². The Bertz CT molecular complexity index is 374. The van der Waals surface area contributed by atoms with Crippen molar-refractivity contribution in [2.75, 3.05) is 6.61 Å². The van der Waals surface area contributed by atoms with Crippen LogP contribution in [0.25, 0.3) is 0 Å². The molecule has 0 bridgehead atoms. The summed E-state index contributed by atoms with van der Waals surface area (Å²) in [6, 6.07) is 3.21. The summed E-state index contributed by atoms with van der Waals surface area (Å²) in [5.74, 6) is -0.775. The summed E-state index contributed by atoms with van der Waals surface area (Å²) in [6.45, 7) is 1.38. The topological polar surface area (TPSA) is 57.5 Å². The summed E-state index contributed by atoms with van der Waals surface area (Å²) < 4.78 is 0. The summed E-state index contributed by atoms with van der Waals surface area (Å²) in [6.07, 6.45) is 1.71. The maximum absolute atomic E-state index is 11.3. The minimum atomic E-state index is -0.626. The molecule has 0 saturated heterocycles. The van der Waals surface area contributed by atoms with Gasteiger partial charge in [0, 0.05) is 0 Å². The highest BCUT2D eigenvalue weighted by Gasteiger charge is 2.14. The molecule has 0 amide bonds. The van der Waals surface area contributed by atoms with Crippen LogP contribution in [0.1, 0.15) is 29.3 Å². The molecule has 0 heterocycles. The Morgan fingerprint density at radius 3 is 2.67 bits per heavy atom. The van der Waals surface area contributed by atoms with Gasteiger partial charge in [0.05, 0.1) is 10.6 Å². The molecule has 0 saturated carbocycles. The zero-order chi connectivity index (χ0) is 11.4. The number of rotatable bonds is 4. The number of aryl methyl sites for hydroxylation is 1. The Labute approximate surface area is 93.3 Å². The predicted octanol–water partition coefficient (Wildman–Crippen LogP) is 2.17. The third-order valence-electron chi connectivity index (χ3n) is 2.11. The smallest absolute Gasteiger partial charge is 0.191 e. The van der Waals surface area contributed by atoms with Crippen molar-refractivity contribution in [2.24, 2.45) is 0 Å². The molecule has 0 atom stereocenters. The quantitative estimate of drug-likeness (QED) is 0.777. The van der Waals surface area contributed by atoms with E-state index < -0.39 is 12.4 Å². The summed E-state index contributed by atoms with van der Waals surface area (Å²) in [7, 11) is 0. The van der Waals surface area contributed by atoms with Crippen molar-refractivity contribution in [1.29, 1.82) is 0 Å². The molecule has 15 heavy (non-hydrogen) atoms. The third-order valence-corrected chi connectivity index (χ3v) is 2.39. The maximum atomic E-state index is 11.3. The van der Waals surface area contributed by atoms with Crippen LogP contribution in [-0.2, 0) is 6.42 Å². The summed E-state index contributed by atoms with van der Waals surface area (Å²) in [4.78, 5) is 11.3.